The molecule has 0 bridgehead atoms. The van der Waals surface area contributed by atoms with E-state index < -0.39 is 0 Å². The Labute approximate surface area is 188 Å². The Balaban J connectivity index is 1.24. The van der Waals surface area contributed by atoms with Crippen LogP contribution in [0.15, 0.2) is 54.9 Å². The predicted molar refractivity (Wildman–Crippen MR) is 124 cm³/mol. The molecule has 3 aromatic rings. The quantitative estimate of drug-likeness (QED) is 0.679. The number of carbonyl (C=O) groups excluding carboxylic acids is 1. The fourth-order valence-corrected chi connectivity index (χ4v) is 4.65. The predicted octanol–water partition coefficient (Wildman–Crippen LogP) is 4.00. The maximum absolute atomic E-state index is 13.0. The number of nitrogens with zero attached hydrogens (tertiary/aromatic N) is 3. The lowest BCUT2D eigenvalue weighted by molar-refractivity contribution is -0.131. The third-order valence-corrected chi connectivity index (χ3v) is 6.43. The Bertz CT molecular complexity index is 1100. The van der Waals surface area contributed by atoms with Crippen LogP contribution in [0.3, 0.4) is 0 Å². The minimum atomic E-state index is 0.191. The first-order valence-corrected chi connectivity index (χ1v) is 11.4. The molecule has 0 radical (unpaired) electrons. The van der Waals surface area contributed by atoms with E-state index >= 15 is 0 Å². The molecule has 0 spiro atoms. The van der Waals surface area contributed by atoms with Gasteiger partial charge in [0.2, 0.25) is 5.91 Å². The SMILES string of the molecule is Nc1ccc(-c2ccc(C3CCCN(C(=O)Cc4ccc5c(c4)CCCO5)C3)nc2)cn1. The van der Waals surface area contributed by atoms with Crippen molar-refractivity contribution >= 4 is 11.7 Å². The molecule has 5 rings (SSSR count). The number of piperidine rings is 1. The van der Waals surface area contributed by atoms with Crippen molar-refractivity contribution in [1.82, 2.24) is 14.9 Å². The van der Waals surface area contributed by atoms with E-state index in [0.29, 0.717) is 12.2 Å². The molecule has 2 aliphatic rings. The Hall–Kier alpha value is -3.41. The van der Waals surface area contributed by atoms with Gasteiger partial charge in [-0.2, -0.15) is 0 Å². The lowest BCUT2D eigenvalue weighted by atomic mass is 9.93. The average molecular weight is 429 g/mol. The summed E-state index contributed by atoms with van der Waals surface area (Å²) in [5.41, 5.74) is 11.0. The van der Waals surface area contributed by atoms with E-state index in [-0.39, 0.29) is 11.8 Å². The van der Waals surface area contributed by atoms with Gasteiger partial charge in [-0.15, -0.1) is 0 Å². The average Bonchev–Trinajstić information content (AvgIpc) is 2.85. The van der Waals surface area contributed by atoms with Gasteiger partial charge >= 0.3 is 0 Å². The maximum Gasteiger partial charge on any atom is 0.227 e. The smallest absolute Gasteiger partial charge is 0.227 e. The Morgan fingerprint density at radius 3 is 2.69 bits per heavy atom. The highest BCUT2D eigenvalue weighted by Gasteiger charge is 2.26. The van der Waals surface area contributed by atoms with Gasteiger partial charge < -0.3 is 15.4 Å². The highest BCUT2D eigenvalue weighted by atomic mass is 16.5. The third kappa shape index (κ3) is 4.44. The van der Waals surface area contributed by atoms with Crippen molar-refractivity contribution in [3.05, 3.63) is 71.7 Å². The van der Waals surface area contributed by atoms with Crippen LogP contribution in [0.2, 0.25) is 0 Å². The summed E-state index contributed by atoms with van der Waals surface area (Å²) in [4.78, 5) is 23.9. The maximum atomic E-state index is 13.0. The third-order valence-electron chi connectivity index (χ3n) is 6.43. The topological polar surface area (TPSA) is 81.3 Å². The summed E-state index contributed by atoms with van der Waals surface area (Å²) in [6.07, 6.45) is 8.21. The van der Waals surface area contributed by atoms with E-state index in [9.17, 15) is 4.79 Å². The van der Waals surface area contributed by atoms with E-state index in [4.69, 9.17) is 15.5 Å². The first-order chi connectivity index (χ1) is 15.7. The number of hydrogen-bond acceptors (Lipinski definition) is 5. The van der Waals surface area contributed by atoms with Crippen LogP contribution in [-0.2, 0) is 17.6 Å². The van der Waals surface area contributed by atoms with Crippen molar-refractivity contribution in [3.8, 4) is 16.9 Å². The molecule has 1 fully saturated rings. The van der Waals surface area contributed by atoms with Crippen molar-refractivity contribution in [2.24, 2.45) is 0 Å². The van der Waals surface area contributed by atoms with Crippen LogP contribution in [0.25, 0.3) is 11.1 Å². The number of ether oxygens (including phenoxy) is 1. The zero-order chi connectivity index (χ0) is 21.9. The lowest BCUT2D eigenvalue weighted by Crippen LogP contribution is -2.40. The van der Waals surface area contributed by atoms with Crippen molar-refractivity contribution in [1.29, 1.82) is 0 Å². The highest BCUT2D eigenvalue weighted by Crippen LogP contribution is 2.29. The lowest BCUT2D eigenvalue weighted by Gasteiger charge is -2.32. The molecule has 6 nitrogen and oxygen atoms in total. The summed E-state index contributed by atoms with van der Waals surface area (Å²) in [7, 11) is 0. The first kappa shape index (κ1) is 20.5. The Morgan fingerprint density at radius 1 is 1.06 bits per heavy atom. The van der Waals surface area contributed by atoms with Crippen molar-refractivity contribution in [2.45, 2.75) is 38.0 Å². The van der Waals surface area contributed by atoms with Crippen LogP contribution in [0.1, 0.15) is 42.0 Å². The molecule has 0 saturated carbocycles. The minimum absolute atomic E-state index is 0.191. The van der Waals surface area contributed by atoms with E-state index in [2.05, 4.69) is 23.2 Å². The van der Waals surface area contributed by atoms with Crippen molar-refractivity contribution in [2.75, 3.05) is 25.4 Å². The van der Waals surface area contributed by atoms with Crippen LogP contribution < -0.4 is 10.5 Å². The van der Waals surface area contributed by atoms with E-state index in [1.165, 1.54) is 5.56 Å². The molecule has 2 N–H and O–H groups in total. The number of rotatable bonds is 4. The number of amides is 1. The molecule has 4 heterocycles. The summed E-state index contributed by atoms with van der Waals surface area (Å²) in [6, 6.07) is 14.1. The second-order valence-electron chi connectivity index (χ2n) is 8.69. The molecule has 1 saturated heterocycles. The highest BCUT2D eigenvalue weighted by molar-refractivity contribution is 5.79. The molecule has 1 amide bonds. The normalized spacial score (nSPS) is 18.0. The standard InChI is InChI=1S/C26H28N4O2/c27-25-10-7-21(16-29-25)20-6-8-23(28-15-20)22-3-1-11-30(17-22)26(31)14-18-5-9-24-19(13-18)4-2-12-32-24/h5-10,13,15-16,22H,1-4,11-12,14,17H2,(H2,27,29). The van der Waals surface area contributed by atoms with Gasteiger partial charge in [-0.05, 0) is 61.1 Å². The summed E-state index contributed by atoms with van der Waals surface area (Å²) < 4.78 is 5.69. The second-order valence-corrected chi connectivity index (χ2v) is 8.69. The van der Waals surface area contributed by atoms with Gasteiger partial charge in [-0.25, -0.2) is 4.98 Å². The van der Waals surface area contributed by atoms with Gasteiger partial charge in [-0.3, -0.25) is 9.78 Å². The summed E-state index contributed by atoms with van der Waals surface area (Å²) in [6.45, 7) is 2.33. The molecular formula is C26H28N4O2. The Kier molecular flexibility index (Phi) is 5.75. The monoisotopic (exact) mass is 428 g/mol. The molecule has 6 heteroatoms. The van der Waals surface area contributed by atoms with Crippen LogP contribution in [0.4, 0.5) is 5.82 Å². The van der Waals surface area contributed by atoms with Crippen LogP contribution in [0, 0.1) is 0 Å². The summed E-state index contributed by atoms with van der Waals surface area (Å²) in [5.74, 6) is 1.93. The molecule has 2 aliphatic heterocycles. The molecule has 32 heavy (non-hydrogen) atoms. The van der Waals surface area contributed by atoms with E-state index in [0.717, 1.165) is 73.5 Å². The number of benzene rings is 1. The molecule has 2 aromatic heterocycles. The molecule has 1 aromatic carbocycles. The summed E-state index contributed by atoms with van der Waals surface area (Å²) >= 11 is 0. The molecule has 164 valence electrons. The number of nitrogens with two attached hydrogens (primary N) is 1. The number of carbonyl (C=O) groups is 1. The van der Waals surface area contributed by atoms with Gasteiger partial charge in [0, 0.05) is 48.2 Å². The van der Waals surface area contributed by atoms with Crippen molar-refractivity contribution < 1.29 is 9.53 Å². The number of nitrogen functional groups attached to an aromatic ring is 1. The number of pyridine rings is 2. The number of aromatic nitrogens is 2. The minimum Gasteiger partial charge on any atom is -0.493 e. The number of likely N-dealkylation sites (tertiary alicyclic amines) is 1. The van der Waals surface area contributed by atoms with Crippen LogP contribution in [-0.4, -0.2) is 40.5 Å². The van der Waals surface area contributed by atoms with Gasteiger partial charge in [0.05, 0.1) is 13.0 Å². The fraction of sp³-hybridized carbons (Fsp3) is 0.346. The number of fused-ring (bicyclic) bond motifs is 1. The van der Waals surface area contributed by atoms with Crippen LogP contribution >= 0.6 is 0 Å². The molecule has 1 unspecified atom stereocenters. The van der Waals surface area contributed by atoms with Gasteiger partial charge in [0.25, 0.3) is 0 Å². The number of aryl methyl sites for hydroxylation is 1. The van der Waals surface area contributed by atoms with Gasteiger partial charge in [0.1, 0.15) is 11.6 Å². The molecular weight excluding hydrogens is 400 g/mol. The largest absolute Gasteiger partial charge is 0.493 e. The fourth-order valence-electron chi connectivity index (χ4n) is 4.65. The molecule has 1 atom stereocenters. The van der Waals surface area contributed by atoms with Gasteiger partial charge in [-0.1, -0.05) is 18.2 Å². The summed E-state index contributed by atoms with van der Waals surface area (Å²) in [5, 5.41) is 0. The number of anilines is 1. The Morgan fingerprint density at radius 2 is 1.91 bits per heavy atom. The second kappa shape index (κ2) is 8.99. The van der Waals surface area contributed by atoms with Gasteiger partial charge in [0.15, 0.2) is 0 Å². The molecule has 0 aliphatic carbocycles. The van der Waals surface area contributed by atoms with E-state index in [1.807, 2.05) is 29.3 Å². The zero-order valence-electron chi connectivity index (χ0n) is 18.2. The van der Waals surface area contributed by atoms with Crippen molar-refractivity contribution in [3.63, 3.8) is 0 Å². The number of hydrogen-bond donors (Lipinski definition) is 1. The first-order valence-electron chi connectivity index (χ1n) is 11.4. The van der Waals surface area contributed by atoms with Crippen LogP contribution in [0.5, 0.6) is 5.75 Å². The van der Waals surface area contributed by atoms with E-state index in [1.54, 1.807) is 12.3 Å². The zero-order valence-corrected chi connectivity index (χ0v) is 18.2.